The van der Waals surface area contributed by atoms with Crippen LogP contribution in [0.2, 0.25) is 0 Å². The quantitative estimate of drug-likeness (QED) is 0.330. The lowest BCUT2D eigenvalue weighted by atomic mass is 10.0. The summed E-state index contributed by atoms with van der Waals surface area (Å²) in [5.74, 6) is -0.720. The number of aromatic hydroxyl groups is 1. The molecular formula is C23H21N3O3. The fraction of sp³-hybridized carbons (Fsp3) is 0.0870. The van der Waals surface area contributed by atoms with Gasteiger partial charge >= 0.3 is 0 Å². The van der Waals surface area contributed by atoms with E-state index >= 15 is 0 Å². The van der Waals surface area contributed by atoms with Crippen molar-refractivity contribution in [1.29, 1.82) is 0 Å². The van der Waals surface area contributed by atoms with Gasteiger partial charge in [0.2, 0.25) is 0 Å². The van der Waals surface area contributed by atoms with Crippen molar-refractivity contribution in [2.75, 3.05) is 6.54 Å². The molecule has 0 atom stereocenters. The van der Waals surface area contributed by atoms with Crippen LogP contribution < -0.4 is 10.7 Å². The van der Waals surface area contributed by atoms with Crippen LogP contribution in [0.1, 0.15) is 21.5 Å². The molecule has 3 aromatic carbocycles. The Hall–Kier alpha value is -3.93. The van der Waals surface area contributed by atoms with E-state index in [1.165, 1.54) is 6.21 Å². The van der Waals surface area contributed by atoms with Gasteiger partial charge in [-0.2, -0.15) is 5.10 Å². The molecule has 6 nitrogen and oxygen atoms in total. The molecule has 0 aliphatic heterocycles. The number of fused-ring (bicyclic) bond motifs is 1. The largest absolute Gasteiger partial charge is 0.507 e. The van der Waals surface area contributed by atoms with Crippen molar-refractivity contribution in [1.82, 2.24) is 10.7 Å². The smallest absolute Gasteiger partial charge is 0.259 e. The normalized spacial score (nSPS) is 10.8. The van der Waals surface area contributed by atoms with E-state index in [-0.39, 0.29) is 18.2 Å². The SMILES string of the molecule is C=CCc1cccc(C=NNC(=O)CNC(=O)c2cccc3ccccc23)c1O. The molecular weight excluding hydrogens is 366 g/mol. The Kier molecular flexibility index (Phi) is 6.37. The number of phenolic OH excluding ortho intramolecular Hbond substituents is 1. The maximum absolute atomic E-state index is 12.4. The van der Waals surface area contributed by atoms with Crippen LogP contribution in [0.15, 0.2) is 78.4 Å². The minimum absolute atomic E-state index is 0.0923. The summed E-state index contributed by atoms with van der Waals surface area (Å²) in [5, 5.41) is 18.4. The Morgan fingerprint density at radius 3 is 2.62 bits per heavy atom. The summed E-state index contributed by atoms with van der Waals surface area (Å²) in [6.45, 7) is 3.43. The number of nitrogens with one attached hydrogen (secondary N) is 2. The number of amides is 2. The lowest BCUT2D eigenvalue weighted by molar-refractivity contribution is -0.120. The molecule has 3 N–H and O–H groups in total. The topological polar surface area (TPSA) is 90.8 Å². The highest BCUT2D eigenvalue weighted by Crippen LogP contribution is 2.21. The zero-order valence-corrected chi connectivity index (χ0v) is 15.8. The van der Waals surface area contributed by atoms with E-state index in [9.17, 15) is 14.7 Å². The first-order chi connectivity index (χ1) is 14.1. The zero-order valence-electron chi connectivity index (χ0n) is 15.8. The van der Waals surface area contributed by atoms with Crippen LogP contribution in [0.4, 0.5) is 0 Å². The first kappa shape index (κ1) is 19.8. The Balaban J connectivity index is 1.57. The molecule has 3 rings (SSSR count). The lowest BCUT2D eigenvalue weighted by Gasteiger charge is -2.07. The van der Waals surface area contributed by atoms with Gasteiger partial charge in [-0.25, -0.2) is 5.43 Å². The number of carbonyl (C=O) groups is 2. The number of para-hydroxylation sites is 1. The molecule has 0 radical (unpaired) electrons. The van der Waals surface area contributed by atoms with Gasteiger partial charge < -0.3 is 10.4 Å². The summed E-state index contributed by atoms with van der Waals surface area (Å²) >= 11 is 0. The molecule has 0 saturated carbocycles. The average Bonchev–Trinajstić information content (AvgIpc) is 2.74. The van der Waals surface area contributed by atoms with Crippen LogP contribution in [-0.2, 0) is 11.2 Å². The Morgan fingerprint density at radius 2 is 1.79 bits per heavy atom. The highest BCUT2D eigenvalue weighted by molar-refractivity contribution is 6.07. The van der Waals surface area contributed by atoms with Crippen molar-refractivity contribution < 1.29 is 14.7 Å². The third-order valence-corrected chi connectivity index (χ3v) is 4.35. The van der Waals surface area contributed by atoms with Crippen LogP contribution in [0, 0.1) is 0 Å². The van der Waals surface area contributed by atoms with E-state index in [4.69, 9.17) is 0 Å². The van der Waals surface area contributed by atoms with Crippen molar-refractivity contribution in [2.24, 2.45) is 5.10 Å². The maximum atomic E-state index is 12.4. The third-order valence-electron chi connectivity index (χ3n) is 4.35. The average molecular weight is 387 g/mol. The second-order valence-electron chi connectivity index (χ2n) is 6.35. The summed E-state index contributed by atoms with van der Waals surface area (Å²) in [5.41, 5.74) is 4.04. The number of rotatable bonds is 7. The number of allylic oxidation sites excluding steroid dienone is 1. The molecule has 0 unspecified atom stereocenters. The molecule has 29 heavy (non-hydrogen) atoms. The predicted octanol–water partition coefficient (Wildman–Crippen LogP) is 3.15. The monoisotopic (exact) mass is 387 g/mol. The van der Waals surface area contributed by atoms with E-state index in [0.29, 0.717) is 17.5 Å². The summed E-state index contributed by atoms with van der Waals surface area (Å²) < 4.78 is 0. The second-order valence-corrected chi connectivity index (χ2v) is 6.35. The molecule has 146 valence electrons. The van der Waals surface area contributed by atoms with E-state index < -0.39 is 5.91 Å². The molecule has 6 heteroatoms. The number of hydrogen-bond donors (Lipinski definition) is 3. The van der Waals surface area contributed by atoms with E-state index in [2.05, 4.69) is 22.4 Å². The minimum Gasteiger partial charge on any atom is -0.507 e. The van der Waals surface area contributed by atoms with Gasteiger partial charge in [0.15, 0.2) is 0 Å². The summed E-state index contributed by atoms with van der Waals surface area (Å²) in [7, 11) is 0. The van der Waals surface area contributed by atoms with Gasteiger partial charge in [0.05, 0.1) is 12.8 Å². The van der Waals surface area contributed by atoms with Gasteiger partial charge in [-0.3, -0.25) is 9.59 Å². The van der Waals surface area contributed by atoms with Crippen LogP contribution in [0.5, 0.6) is 5.75 Å². The molecule has 3 aromatic rings. The van der Waals surface area contributed by atoms with Crippen molar-refractivity contribution in [3.05, 3.63) is 90.0 Å². The molecule has 0 saturated heterocycles. The number of nitrogens with zero attached hydrogens (tertiary/aromatic N) is 1. The highest BCUT2D eigenvalue weighted by Gasteiger charge is 2.11. The molecule has 0 aliphatic rings. The standard InChI is InChI=1S/C23H21N3O3/c1-2-7-17-10-5-11-18(22(17)28)14-25-26-21(27)15-24-23(29)20-13-6-9-16-8-3-4-12-19(16)20/h2-6,8-14,28H,1,7,15H2,(H,24,29)(H,26,27). The van der Waals surface area contributed by atoms with Gasteiger partial charge in [0, 0.05) is 11.1 Å². The van der Waals surface area contributed by atoms with Crippen LogP contribution >= 0.6 is 0 Å². The van der Waals surface area contributed by atoms with Crippen molar-refractivity contribution in [3.8, 4) is 5.75 Å². The van der Waals surface area contributed by atoms with Gasteiger partial charge in [0.1, 0.15) is 5.75 Å². The Bertz CT molecular complexity index is 1080. The molecule has 0 heterocycles. The fourth-order valence-electron chi connectivity index (χ4n) is 2.93. The molecule has 0 bridgehead atoms. The van der Waals surface area contributed by atoms with E-state index in [1.54, 1.807) is 36.4 Å². The van der Waals surface area contributed by atoms with Crippen LogP contribution in [-0.4, -0.2) is 29.7 Å². The van der Waals surface area contributed by atoms with Gasteiger partial charge in [-0.1, -0.05) is 54.6 Å². The third kappa shape index (κ3) is 4.87. The molecule has 2 amide bonds. The van der Waals surface area contributed by atoms with Gasteiger partial charge in [-0.05, 0) is 34.9 Å². The lowest BCUT2D eigenvalue weighted by Crippen LogP contribution is -2.35. The number of benzene rings is 3. The van der Waals surface area contributed by atoms with Gasteiger partial charge in [0.25, 0.3) is 11.8 Å². The van der Waals surface area contributed by atoms with Crippen molar-refractivity contribution in [2.45, 2.75) is 6.42 Å². The summed E-state index contributed by atoms with van der Waals surface area (Å²) in [4.78, 5) is 24.4. The van der Waals surface area contributed by atoms with Gasteiger partial charge in [-0.15, -0.1) is 6.58 Å². The minimum atomic E-state index is -0.475. The number of carbonyl (C=O) groups excluding carboxylic acids is 2. The first-order valence-electron chi connectivity index (χ1n) is 9.09. The molecule has 0 spiro atoms. The molecule has 0 aliphatic carbocycles. The summed E-state index contributed by atoms with van der Waals surface area (Å²) in [6.07, 6.45) is 3.57. The zero-order chi connectivity index (χ0) is 20.6. The maximum Gasteiger partial charge on any atom is 0.259 e. The Labute approximate surface area is 168 Å². The van der Waals surface area contributed by atoms with Crippen LogP contribution in [0.25, 0.3) is 10.8 Å². The van der Waals surface area contributed by atoms with E-state index in [1.807, 2.05) is 30.3 Å². The number of phenols is 1. The van der Waals surface area contributed by atoms with Crippen molar-refractivity contribution >= 4 is 28.8 Å². The number of hydrogen-bond acceptors (Lipinski definition) is 4. The highest BCUT2D eigenvalue weighted by atomic mass is 16.3. The Morgan fingerprint density at radius 1 is 1.03 bits per heavy atom. The van der Waals surface area contributed by atoms with E-state index in [0.717, 1.165) is 16.3 Å². The fourth-order valence-corrected chi connectivity index (χ4v) is 2.93. The molecule has 0 aromatic heterocycles. The molecule has 0 fully saturated rings. The predicted molar refractivity (Wildman–Crippen MR) is 114 cm³/mol. The number of hydrazone groups is 1. The second kappa shape index (κ2) is 9.32. The van der Waals surface area contributed by atoms with Crippen LogP contribution in [0.3, 0.4) is 0 Å². The summed E-state index contributed by atoms with van der Waals surface area (Å²) in [6, 6.07) is 18.2. The van der Waals surface area contributed by atoms with Crippen molar-refractivity contribution in [3.63, 3.8) is 0 Å². The first-order valence-corrected chi connectivity index (χ1v) is 9.09.